The van der Waals surface area contributed by atoms with Crippen LogP contribution in [-0.4, -0.2) is 52.6 Å². The summed E-state index contributed by atoms with van der Waals surface area (Å²) in [5.41, 5.74) is 1.45. The summed E-state index contributed by atoms with van der Waals surface area (Å²) in [5, 5.41) is 7.17. The van der Waals surface area contributed by atoms with Crippen LogP contribution in [-0.2, 0) is 19.5 Å². The minimum atomic E-state index is 0. The van der Waals surface area contributed by atoms with Crippen molar-refractivity contribution in [3.05, 3.63) is 17.7 Å². The first-order valence-electron chi connectivity index (χ1n) is 11.5. The summed E-state index contributed by atoms with van der Waals surface area (Å²) < 4.78 is 2.32. The van der Waals surface area contributed by atoms with Crippen LogP contribution in [0.25, 0.3) is 0 Å². The summed E-state index contributed by atoms with van der Waals surface area (Å²) in [4.78, 5) is 12.1. The summed E-state index contributed by atoms with van der Waals surface area (Å²) >= 11 is 0. The lowest BCUT2D eigenvalue weighted by molar-refractivity contribution is 0.0368. The van der Waals surface area contributed by atoms with Gasteiger partial charge in [-0.2, -0.15) is 0 Å². The minimum Gasteiger partial charge on any atom is -0.355 e. The third kappa shape index (κ3) is 5.66. The largest absolute Gasteiger partial charge is 0.355 e. The van der Waals surface area contributed by atoms with E-state index in [-0.39, 0.29) is 24.0 Å². The second-order valence-corrected chi connectivity index (χ2v) is 8.91. The Balaban J connectivity index is 0.00000240. The first kappa shape index (κ1) is 22.8. The normalized spacial score (nSPS) is 22.4. The molecule has 1 aromatic rings. The van der Waals surface area contributed by atoms with Crippen LogP contribution in [0.3, 0.4) is 0 Å². The lowest BCUT2D eigenvalue weighted by Crippen LogP contribution is -2.59. The van der Waals surface area contributed by atoms with Crippen molar-refractivity contribution in [2.75, 3.05) is 26.7 Å². The Bertz CT molecular complexity index is 635. The number of hydrogen-bond acceptors (Lipinski definition) is 3. The van der Waals surface area contributed by atoms with Crippen LogP contribution in [0.5, 0.6) is 0 Å². The number of nitrogens with one attached hydrogen (secondary N) is 2. The Labute approximate surface area is 193 Å². The van der Waals surface area contributed by atoms with Gasteiger partial charge < -0.3 is 15.2 Å². The number of rotatable bonds is 5. The van der Waals surface area contributed by atoms with E-state index >= 15 is 0 Å². The zero-order valence-electron chi connectivity index (χ0n) is 18.1. The van der Waals surface area contributed by atoms with E-state index < -0.39 is 0 Å². The van der Waals surface area contributed by atoms with Gasteiger partial charge >= 0.3 is 0 Å². The van der Waals surface area contributed by atoms with Crippen molar-refractivity contribution in [2.24, 2.45) is 4.99 Å². The molecule has 2 aliphatic heterocycles. The van der Waals surface area contributed by atoms with Gasteiger partial charge in [-0.1, -0.05) is 25.7 Å². The molecule has 2 fully saturated rings. The molecule has 29 heavy (non-hydrogen) atoms. The second-order valence-electron chi connectivity index (χ2n) is 8.91. The Hall–Kier alpha value is -0.830. The topological polar surface area (TPSA) is 57.5 Å². The molecule has 0 bridgehead atoms. The predicted octanol–water partition coefficient (Wildman–Crippen LogP) is 3.69. The maximum Gasteiger partial charge on any atom is 0.191 e. The van der Waals surface area contributed by atoms with Crippen molar-refractivity contribution in [2.45, 2.75) is 89.3 Å². The average molecular weight is 515 g/mol. The SMILES string of the molecule is CN=C(NCc1cn2c(n1)CCCC2)NCC1(N2CCCCC2)CCCCC1.I. The molecule has 1 saturated heterocycles. The molecule has 0 aromatic carbocycles. The van der Waals surface area contributed by atoms with Gasteiger partial charge in [-0.25, -0.2) is 4.98 Å². The molecular weight excluding hydrogens is 475 g/mol. The third-order valence-electron chi connectivity index (χ3n) is 7.02. The number of imidazole rings is 1. The number of hydrogen-bond donors (Lipinski definition) is 2. The smallest absolute Gasteiger partial charge is 0.191 e. The van der Waals surface area contributed by atoms with Gasteiger partial charge in [0.25, 0.3) is 0 Å². The van der Waals surface area contributed by atoms with E-state index in [1.165, 1.54) is 83.1 Å². The number of aliphatic imine (C=N–C) groups is 1. The summed E-state index contributed by atoms with van der Waals surface area (Å²) in [6, 6.07) is 0. The number of piperidine rings is 1. The predicted molar refractivity (Wildman–Crippen MR) is 130 cm³/mol. The average Bonchev–Trinajstić information content (AvgIpc) is 3.18. The number of nitrogens with zero attached hydrogens (tertiary/aromatic N) is 4. The zero-order chi connectivity index (χ0) is 19.2. The fourth-order valence-electron chi connectivity index (χ4n) is 5.38. The van der Waals surface area contributed by atoms with E-state index in [9.17, 15) is 0 Å². The summed E-state index contributed by atoms with van der Waals surface area (Å²) in [7, 11) is 1.88. The second kappa shape index (κ2) is 11.0. The molecule has 0 spiro atoms. The van der Waals surface area contributed by atoms with E-state index in [1.54, 1.807) is 0 Å². The number of aromatic nitrogens is 2. The molecule has 3 aliphatic rings. The number of guanidine groups is 1. The third-order valence-corrected chi connectivity index (χ3v) is 7.02. The van der Waals surface area contributed by atoms with Gasteiger partial charge in [0.05, 0.1) is 12.2 Å². The Morgan fingerprint density at radius 3 is 2.45 bits per heavy atom. The van der Waals surface area contributed by atoms with Crippen LogP contribution in [0.4, 0.5) is 0 Å². The molecule has 0 radical (unpaired) electrons. The van der Waals surface area contributed by atoms with Crippen molar-refractivity contribution >= 4 is 29.9 Å². The Kier molecular flexibility index (Phi) is 8.65. The van der Waals surface area contributed by atoms with E-state index in [0.717, 1.165) is 37.7 Å². The van der Waals surface area contributed by atoms with Gasteiger partial charge in [0.1, 0.15) is 5.82 Å². The van der Waals surface area contributed by atoms with Crippen molar-refractivity contribution in [3.63, 3.8) is 0 Å². The van der Waals surface area contributed by atoms with Gasteiger partial charge in [0, 0.05) is 38.3 Å². The first-order chi connectivity index (χ1) is 13.8. The molecule has 0 atom stereocenters. The van der Waals surface area contributed by atoms with Gasteiger partial charge in [-0.05, 0) is 51.6 Å². The summed E-state index contributed by atoms with van der Waals surface area (Å²) in [5.74, 6) is 2.16. The van der Waals surface area contributed by atoms with Crippen LogP contribution in [0.1, 0.15) is 75.7 Å². The Morgan fingerprint density at radius 1 is 1.00 bits per heavy atom. The lowest BCUT2D eigenvalue weighted by atomic mass is 9.79. The van der Waals surface area contributed by atoms with Crippen LogP contribution in [0.2, 0.25) is 0 Å². The standard InChI is InChI=1S/C22H38N6.HI/c1-23-21(24-16-19-17-27-13-9-4-10-20(27)26-19)25-18-22(11-5-2-6-12-22)28-14-7-3-8-15-28;/h17H,2-16,18H2,1H3,(H2,23,24,25);1H. The highest BCUT2D eigenvalue weighted by Crippen LogP contribution is 2.35. The molecule has 3 heterocycles. The highest BCUT2D eigenvalue weighted by atomic mass is 127. The number of likely N-dealkylation sites (tertiary alicyclic amines) is 1. The first-order valence-corrected chi connectivity index (χ1v) is 11.5. The van der Waals surface area contributed by atoms with E-state index in [4.69, 9.17) is 4.98 Å². The molecule has 2 N–H and O–H groups in total. The van der Waals surface area contributed by atoms with Gasteiger partial charge in [-0.15, -0.1) is 24.0 Å². The van der Waals surface area contributed by atoms with Crippen molar-refractivity contribution in [3.8, 4) is 0 Å². The summed E-state index contributed by atoms with van der Waals surface area (Å²) in [6.07, 6.45) is 16.8. The number of halogens is 1. The molecule has 4 rings (SSSR count). The number of aryl methyl sites for hydroxylation is 2. The van der Waals surface area contributed by atoms with Crippen molar-refractivity contribution < 1.29 is 0 Å². The van der Waals surface area contributed by atoms with Gasteiger partial charge in [0.2, 0.25) is 0 Å². The van der Waals surface area contributed by atoms with Gasteiger partial charge in [0.15, 0.2) is 5.96 Å². The van der Waals surface area contributed by atoms with Crippen LogP contribution >= 0.6 is 24.0 Å². The zero-order valence-corrected chi connectivity index (χ0v) is 20.4. The lowest BCUT2D eigenvalue weighted by Gasteiger charge is -2.48. The van der Waals surface area contributed by atoms with Crippen LogP contribution in [0.15, 0.2) is 11.2 Å². The van der Waals surface area contributed by atoms with Crippen molar-refractivity contribution in [1.29, 1.82) is 0 Å². The monoisotopic (exact) mass is 514 g/mol. The molecule has 0 amide bonds. The quantitative estimate of drug-likeness (QED) is 0.358. The van der Waals surface area contributed by atoms with Crippen LogP contribution < -0.4 is 10.6 Å². The van der Waals surface area contributed by atoms with Crippen molar-refractivity contribution in [1.82, 2.24) is 25.1 Å². The van der Waals surface area contributed by atoms with E-state index in [0.29, 0.717) is 5.54 Å². The van der Waals surface area contributed by atoms with E-state index in [1.807, 2.05) is 7.05 Å². The fourth-order valence-corrected chi connectivity index (χ4v) is 5.38. The molecule has 0 unspecified atom stereocenters. The highest BCUT2D eigenvalue weighted by molar-refractivity contribution is 14.0. The van der Waals surface area contributed by atoms with E-state index in [2.05, 4.69) is 31.3 Å². The molecular formula is C22H39IN6. The maximum atomic E-state index is 4.80. The number of fused-ring (bicyclic) bond motifs is 1. The minimum absolute atomic E-state index is 0. The molecule has 7 heteroatoms. The molecule has 164 valence electrons. The molecule has 6 nitrogen and oxygen atoms in total. The Morgan fingerprint density at radius 2 is 1.72 bits per heavy atom. The van der Waals surface area contributed by atoms with Crippen LogP contribution in [0, 0.1) is 0 Å². The van der Waals surface area contributed by atoms with Gasteiger partial charge in [-0.3, -0.25) is 9.89 Å². The summed E-state index contributed by atoms with van der Waals surface area (Å²) in [6.45, 7) is 5.41. The molecule has 1 saturated carbocycles. The molecule has 1 aromatic heterocycles. The maximum absolute atomic E-state index is 4.80. The fraction of sp³-hybridized carbons (Fsp3) is 0.818. The highest BCUT2D eigenvalue weighted by Gasteiger charge is 2.38. The molecule has 1 aliphatic carbocycles.